The third-order valence-corrected chi connectivity index (χ3v) is 4.54. The molecule has 0 radical (unpaired) electrons. The van der Waals surface area contributed by atoms with E-state index >= 15 is 0 Å². The van der Waals surface area contributed by atoms with Crippen LogP contribution in [0.4, 0.5) is 5.69 Å². The lowest BCUT2D eigenvalue weighted by Gasteiger charge is -2.32. The van der Waals surface area contributed by atoms with Crippen molar-refractivity contribution >= 4 is 29.2 Å². The molecule has 2 aromatic carbocycles. The Morgan fingerprint density at radius 3 is 2.86 bits per heavy atom. The average Bonchev–Trinajstić information content (AvgIpc) is 3.20. The molecule has 29 heavy (non-hydrogen) atoms. The molecule has 0 spiro atoms. The molecule has 148 valence electrons. The highest BCUT2D eigenvalue weighted by molar-refractivity contribution is 6.30. The Balaban J connectivity index is 1.42. The number of carbonyl (C=O) groups is 2. The number of hydrogen-bond donors (Lipinski definition) is 0. The predicted octanol–water partition coefficient (Wildman–Crippen LogP) is 3.25. The monoisotopic (exact) mass is 413 g/mol. The summed E-state index contributed by atoms with van der Waals surface area (Å²) in [5.41, 5.74) is 1.30. The van der Waals surface area contributed by atoms with Crippen LogP contribution in [0, 0.1) is 0 Å². The van der Waals surface area contributed by atoms with E-state index in [-0.39, 0.29) is 24.9 Å². The van der Waals surface area contributed by atoms with Crippen LogP contribution in [0.2, 0.25) is 5.02 Å². The minimum atomic E-state index is -0.955. The van der Waals surface area contributed by atoms with E-state index in [9.17, 15) is 9.59 Å². The maximum absolute atomic E-state index is 12.5. The molecule has 0 aliphatic carbocycles. The van der Waals surface area contributed by atoms with Crippen molar-refractivity contribution in [1.29, 1.82) is 0 Å². The molecule has 9 heteroatoms. The van der Waals surface area contributed by atoms with Gasteiger partial charge in [0.2, 0.25) is 17.8 Å². The number of benzene rings is 2. The molecule has 8 nitrogen and oxygen atoms in total. The fourth-order valence-electron chi connectivity index (χ4n) is 2.94. The lowest BCUT2D eigenvalue weighted by atomic mass is 10.2. The van der Waals surface area contributed by atoms with E-state index in [1.807, 2.05) is 0 Å². The number of anilines is 1. The molecular formula is C20H16ClN3O5. The Labute approximate surface area is 171 Å². The second-order valence-corrected chi connectivity index (χ2v) is 6.77. The summed E-state index contributed by atoms with van der Waals surface area (Å²) in [7, 11) is 0. The average molecular weight is 414 g/mol. The molecule has 1 atom stereocenters. The Kier molecular flexibility index (Phi) is 5.18. The van der Waals surface area contributed by atoms with E-state index in [1.165, 1.54) is 11.8 Å². The molecule has 1 amide bonds. The summed E-state index contributed by atoms with van der Waals surface area (Å²) >= 11 is 5.96. The van der Waals surface area contributed by atoms with Gasteiger partial charge in [0.05, 0.1) is 12.2 Å². The highest BCUT2D eigenvalue weighted by atomic mass is 35.5. The molecule has 2 heterocycles. The summed E-state index contributed by atoms with van der Waals surface area (Å²) in [5.74, 6) is 0.0870. The van der Waals surface area contributed by atoms with Crippen molar-refractivity contribution in [2.45, 2.75) is 19.6 Å². The van der Waals surface area contributed by atoms with Crippen LogP contribution in [0.3, 0.4) is 0 Å². The van der Waals surface area contributed by atoms with Gasteiger partial charge in [-0.3, -0.25) is 4.79 Å². The number of aromatic nitrogens is 2. The fraction of sp³-hybridized carbons (Fsp3) is 0.200. The van der Waals surface area contributed by atoms with Crippen molar-refractivity contribution < 1.29 is 23.6 Å². The number of esters is 1. The number of hydrogen-bond acceptors (Lipinski definition) is 7. The highest BCUT2D eigenvalue weighted by Crippen LogP contribution is 2.33. The minimum Gasteiger partial charge on any atom is -0.475 e. The van der Waals surface area contributed by atoms with Gasteiger partial charge in [0, 0.05) is 17.5 Å². The van der Waals surface area contributed by atoms with E-state index in [0.29, 0.717) is 27.8 Å². The Bertz CT molecular complexity index is 1070. The normalized spacial score (nSPS) is 15.4. The summed E-state index contributed by atoms with van der Waals surface area (Å²) in [5, 5.41) is 4.41. The van der Waals surface area contributed by atoms with Crippen LogP contribution in [0.25, 0.3) is 11.4 Å². The first kappa shape index (κ1) is 18.9. The summed E-state index contributed by atoms with van der Waals surface area (Å²) in [6, 6.07) is 14.0. The number of halogens is 1. The van der Waals surface area contributed by atoms with Crippen LogP contribution in [0.5, 0.6) is 5.75 Å². The van der Waals surface area contributed by atoms with Crippen molar-refractivity contribution in [2.24, 2.45) is 0 Å². The maximum Gasteiger partial charge on any atom is 0.349 e. The topological polar surface area (TPSA) is 94.8 Å². The number of ether oxygens (including phenoxy) is 2. The van der Waals surface area contributed by atoms with E-state index < -0.39 is 12.1 Å². The number of nitrogens with zero attached hydrogens (tertiary/aromatic N) is 3. The van der Waals surface area contributed by atoms with Gasteiger partial charge in [0.1, 0.15) is 5.75 Å². The van der Waals surface area contributed by atoms with E-state index in [2.05, 4.69) is 10.1 Å². The molecule has 1 aliphatic rings. The molecule has 1 aliphatic heterocycles. The van der Waals surface area contributed by atoms with Crippen LogP contribution in [0.15, 0.2) is 53.1 Å². The van der Waals surface area contributed by atoms with Crippen LogP contribution < -0.4 is 9.64 Å². The first-order valence-corrected chi connectivity index (χ1v) is 9.18. The number of fused-ring (bicyclic) bond motifs is 1. The second kappa shape index (κ2) is 7.92. The zero-order chi connectivity index (χ0) is 20.4. The molecule has 3 aromatic rings. The maximum atomic E-state index is 12.5. The standard InChI is InChI=1S/C20H16ClN3O5/c1-12(25)24-10-17(28-16-8-3-2-7-15(16)24)20(26)27-11-18-22-19(23-29-18)13-5-4-6-14(21)9-13/h2-9,17H,10-11H2,1H3/t17-/m0/s1. The minimum absolute atomic E-state index is 0.0583. The van der Waals surface area contributed by atoms with Gasteiger partial charge in [-0.25, -0.2) is 4.79 Å². The number of amides is 1. The third kappa shape index (κ3) is 4.07. The lowest BCUT2D eigenvalue weighted by Crippen LogP contribution is -2.47. The smallest absolute Gasteiger partial charge is 0.349 e. The quantitative estimate of drug-likeness (QED) is 0.606. The number of carbonyl (C=O) groups excluding carboxylic acids is 2. The molecule has 1 aromatic heterocycles. The Morgan fingerprint density at radius 1 is 1.24 bits per heavy atom. The molecule has 0 fully saturated rings. The van der Waals surface area contributed by atoms with Gasteiger partial charge in [-0.1, -0.05) is 41.0 Å². The van der Waals surface area contributed by atoms with E-state index in [0.717, 1.165) is 0 Å². The Hall–Kier alpha value is -3.39. The van der Waals surface area contributed by atoms with Gasteiger partial charge in [0.25, 0.3) is 5.89 Å². The summed E-state index contributed by atoms with van der Waals surface area (Å²) in [6.45, 7) is 1.27. The van der Waals surface area contributed by atoms with Crippen LogP contribution in [-0.4, -0.2) is 34.7 Å². The van der Waals surface area contributed by atoms with Crippen LogP contribution in [0.1, 0.15) is 12.8 Å². The first-order valence-electron chi connectivity index (χ1n) is 8.80. The molecule has 0 saturated carbocycles. The highest BCUT2D eigenvalue weighted by Gasteiger charge is 2.33. The molecule has 0 N–H and O–H groups in total. The van der Waals surface area contributed by atoms with Gasteiger partial charge < -0.3 is 18.9 Å². The molecule has 0 bridgehead atoms. The second-order valence-electron chi connectivity index (χ2n) is 6.33. The number of para-hydroxylation sites is 2. The summed E-state index contributed by atoms with van der Waals surface area (Å²) in [6.07, 6.45) is -0.955. The third-order valence-electron chi connectivity index (χ3n) is 4.31. The zero-order valence-electron chi connectivity index (χ0n) is 15.4. The van der Waals surface area contributed by atoms with Crippen LogP contribution >= 0.6 is 11.6 Å². The molecular weight excluding hydrogens is 398 g/mol. The molecule has 0 saturated heterocycles. The number of rotatable bonds is 4. The van der Waals surface area contributed by atoms with Crippen molar-refractivity contribution in [3.8, 4) is 17.1 Å². The zero-order valence-corrected chi connectivity index (χ0v) is 16.1. The van der Waals surface area contributed by atoms with Crippen molar-refractivity contribution in [3.63, 3.8) is 0 Å². The van der Waals surface area contributed by atoms with Gasteiger partial charge in [-0.15, -0.1) is 0 Å². The first-order chi connectivity index (χ1) is 14.0. The molecule has 4 rings (SSSR count). The van der Waals surface area contributed by atoms with E-state index in [1.54, 1.807) is 48.5 Å². The SMILES string of the molecule is CC(=O)N1C[C@@H](C(=O)OCc2nc(-c3cccc(Cl)c3)no2)Oc2ccccc21. The van der Waals surface area contributed by atoms with Crippen LogP contribution in [-0.2, 0) is 20.9 Å². The predicted molar refractivity (Wildman–Crippen MR) is 103 cm³/mol. The summed E-state index contributed by atoms with van der Waals surface area (Å²) < 4.78 is 16.1. The van der Waals surface area contributed by atoms with Crippen molar-refractivity contribution in [1.82, 2.24) is 10.1 Å². The van der Waals surface area contributed by atoms with Crippen molar-refractivity contribution in [3.05, 3.63) is 59.4 Å². The van der Waals surface area contributed by atoms with Crippen molar-refractivity contribution in [2.75, 3.05) is 11.4 Å². The van der Waals surface area contributed by atoms with Gasteiger partial charge in [-0.2, -0.15) is 4.98 Å². The Morgan fingerprint density at radius 2 is 2.07 bits per heavy atom. The largest absolute Gasteiger partial charge is 0.475 e. The van der Waals surface area contributed by atoms with Gasteiger partial charge in [0.15, 0.2) is 6.61 Å². The molecule has 0 unspecified atom stereocenters. The summed E-state index contributed by atoms with van der Waals surface area (Å²) in [4.78, 5) is 30.1. The van der Waals surface area contributed by atoms with Gasteiger partial charge >= 0.3 is 5.97 Å². The fourth-order valence-corrected chi connectivity index (χ4v) is 3.13. The lowest BCUT2D eigenvalue weighted by molar-refractivity contribution is -0.154. The van der Waals surface area contributed by atoms with E-state index in [4.69, 9.17) is 25.6 Å². The van der Waals surface area contributed by atoms with Gasteiger partial charge in [-0.05, 0) is 24.3 Å².